The summed E-state index contributed by atoms with van der Waals surface area (Å²) >= 11 is 0. The number of carbonyl (C=O) groups is 1. The van der Waals surface area contributed by atoms with E-state index in [-0.39, 0.29) is 18.6 Å². The minimum absolute atomic E-state index is 0.0485. The Morgan fingerprint density at radius 1 is 1.60 bits per heavy atom. The summed E-state index contributed by atoms with van der Waals surface area (Å²) < 4.78 is 4.98. The standard InChI is InChI=1S/C11H21NO3/c1-15-8-10(5-6-13)12-11(14)7-9-3-2-4-9/h9-10,13H,2-8H2,1H3,(H,12,14). The van der Waals surface area contributed by atoms with Gasteiger partial charge in [-0.25, -0.2) is 0 Å². The summed E-state index contributed by atoms with van der Waals surface area (Å²) in [6.45, 7) is 0.550. The van der Waals surface area contributed by atoms with E-state index >= 15 is 0 Å². The summed E-state index contributed by atoms with van der Waals surface area (Å²) in [4.78, 5) is 11.6. The highest BCUT2D eigenvalue weighted by atomic mass is 16.5. The van der Waals surface area contributed by atoms with Crippen LogP contribution in [0.3, 0.4) is 0 Å². The molecule has 0 saturated heterocycles. The number of amides is 1. The second-order valence-corrected chi connectivity index (χ2v) is 4.23. The highest BCUT2D eigenvalue weighted by molar-refractivity contribution is 5.76. The molecule has 1 aliphatic rings. The van der Waals surface area contributed by atoms with Crippen LogP contribution in [0, 0.1) is 5.92 Å². The van der Waals surface area contributed by atoms with E-state index in [2.05, 4.69) is 5.32 Å². The van der Waals surface area contributed by atoms with Gasteiger partial charge in [-0.1, -0.05) is 6.42 Å². The van der Waals surface area contributed by atoms with Gasteiger partial charge in [0.05, 0.1) is 12.6 Å². The van der Waals surface area contributed by atoms with E-state index in [1.807, 2.05) is 0 Å². The molecule has 1 saturated carbocycles. The van der Waals surface area contributed by atoms with E-state index < -0.39 is 0 Å². The van der Waals surface area contributed by atoms with Crippen LogP contribution in [-0.2, 0) is 9.53 Å². The van der Waals surface area contributed by atoms with Crippen LogP contribution in [0.25, 0.3) is 0 Å². The minimum atomic E-state index is -0.0485. The third-order valence-corrected chi connectivity index (χ3v) is 2.91. The first-order chi connectivity index (χ1) is 7.26. The average Bonchev–Trinajstić information content (AvgIpc) is 2.12. The molecule has 1 unspecified atom stereocenters. The van der Waals surface area contributed by atoms with E-state index in [1.54, 1.807) is 7.11 Å². The SMILES string of the molecule is COCC(CCO)NC(=O)CC1CCC1. The van der Waals surface area contributed by atoms with Crippen molar-refractivity contribution in [2.45, 2.75) is 38.1 Å². The number of rotatable bonds is 7. The molecule has 88 valence electrons. The van der Waals surface area contributed by atoms with Gasteiger partial charge >= 0.3 is 0 Å². The molecule has 1 amide bonds. The fourth-order valence-electron chi connectivity index (χ4n) is 1.80. The largest absolute Gasteiger partial charge is 0.396 e. The number of nitrogens with one attached hydrogen (secondary N) is 1. The Balaban J connectivity index is 2.19. The van der Waals surface area contributed by atoms with Gasteiger partial charge in [-0.3, -0.25) is 4.79 Å². The Morgan fingerprint density at radius 2 is 2.33 bits per heavy atom. The van der Waals surface area contributed by atoms with Crippen molar-refractivity contribution >= 4 is 5.91 Å². The molecule has 2 N–H and O–H groups in total. The van der Waals surface area contributed by atoms with Crippen molar-refractivity contribution in [3.05, 3.63) is 0 Å². The predicted molar refractivity (Wildman–Crippen MR) is 57.5 cm³/mol. The van der Waals surface area contributed by atoms with Crippen LogP contribution in [0.1, 0.15) is 32.1 Å². The molecular formula is C11H21NO3. The summed E-state index contributed by atoms with van der Waals surface area (Å²) in [6, 6.07) is -0.0485. The van der Waals surface area contributed by atoms with Crippen LogP contribution >= 0.6 is 0 Å². The number of carbonyl (C=O) groups excluding carboxylic acids is 1. The molecule has 1 atom stereocenters. The Morgan fingerprint density at radius 3 is 2.80 bits per heavy atom. The fraction of sp³-hybridized carbons (Fsp3) is 0.909. The second kappa shape index (κ2) is 6.80. The summed E-state index contributed by atoms with van der Waals surface area (Å²) in [7, 11) is 1.60. The van der Waals surface area contributed by atoms with Crippen molar-refractivity contribution in [2.24, 2.45) is 5.92 Å². The molecule has 1 rings (SSSR count). The van der Waals surface area contributed by atoms with Gasteiger partial charge in [0, 0.05) is 20.1 Å². The van der Waals surface area contributed by atoms with Gasteiger partial charge in [0.2, 0.25) is 5.91 Å². The van der Waals surface area contributed by atoms with Crippen molar-refractivity contribution in [2.75, 3.05) is 20.3 Å². The van der Waals surface area contributed by atoms with E-state index in [1.165, 1.54) is 19.3 Å². The van der Waals surface area contributed by atoms with Crippen LogP contribution in [0.2, 0.25) is 0 Å². The van der Waals surface area contributed by atoms with Gasteiger partial charge in [-0.15, -0.1) is 0 Å². The quantitative estimate of drug-likeness (QED) is 0.657. The van der Waals surface area contributed by atoms with Gasteiger partial charge in [0.15, 0.2) is 0 Å². The number of aliphatic hydroxyl groups excluding tert-OH is 1. The Bertz CT molecular complexity index is 186. The van der Waals surface area contributed by atoms with Gasteiger partial charge in [-0.2, -0.15) is 0 Å². The predicted octanol–water partition coefficient (Wildman–Crippen LogP) is 0.690. The third kappa shape index (κ3) is 4.62. The lowest BCUT2D eigenvalue weighted by atomic mass is 9.83. The summed E-state index contributed by atoms with van der Waals surface area (Å²) in [5.41, 5.74) is 0. The molecule has 15 heavy (non-hydrogen) atoms. The zero-order chi connectivity index (χ0) is 11.1. The highest BCUT2D eigenvalue weighted by Gasteiger charge is 2.21. The summed E-state index contributed by atoms with van der Waals surface area (Å²) in [5, 5.41) is 11.7. The van der Waals surface area contributed by atoms with Crippen LogP contribution < -0.4 is 5.32 Å². The monoisotopic (exact) mass is 215 g/mol. The molecule has 0 spiro atoms. The molecule has 0 aliphatic heterocycles. The number of aliphatic hydroxyl groups is 1. The molecule has 0 aromatic carbocycles. The zero-order valence-electron chi connectivity index (χ0n) is 9.37. The molecule has 1 aliphatic carbocycles. The van der Waals surface area contributed by atoms with Gasteiger partial charge in [0.1, 0.15) is 0 Å². The van der Waals surface area contributed by atoms with Crippen molar-refractivity contribution in [3.8, 4) is 0 Å². The molecule has 0 aromatic rings. The lowest BCUT2D eigenvalue weighted by molar-refractivity contribution is -0.123. The second-order valence-electron chi connectivity index (χ2n) is 4.23. The Hall–Kier alpha value is -0.610. The number of hydrogen-bond acceptors (Lipinski definition) is 3. The molecule has 4 heteroatoms. The van der Waals surface area contributed by atoms with Crippen LogP contribution in [0.15, 0.2) is 0 Å². The topological polar surface area (TPSA) is 58.6 Å². The maximum absolute atomic E-state index is 11.6. The number of hydrogen-bond donors (Lipinski definition) is 2. The van der Waals surface area contributed by atoms with Crippen molar-refractivity contribution < 1.29 is 14.6 Å². The summed E-state index contributed by atoms with van der Waals surface area (Å²) in [5.74, 6) is 0.678. The van der Waals surface area contributed by atoms with Gasteiger partial charge in [-0.05, 0) is 25.2 Å². The third-order valence-electron chi connectivity index (χ3n) is 2.91. The first-order valence-electron chi connectivity index (χ1n) is 5.65. The maximum atomic E-state index is 11.6. The van der Waals surface area contributed by atoms with Crippen molar-refractivity contribution in [1.82, 2.24) is 5.32 Å². The summed E-state index contributed by atoms with van der Waals surface area (Å²) in [6.07, 6.45) is 4.82. The molecule has 1 fully saturated rings. The van der Waals surface area contributed by atoms with E-state index in [0.29, 0.717) is 25.4 Å². The first kappa shape index (κ1) is 12.5. The molecule has 4 nitrogen and oxygen atoms in total. The van der Waals surface area contributed by atoms with E-state index in [0.717, 1.165) is 0 Å². The Labute approximate surface area is 91.0 Å². The van der Waals surface area contributed by atoms with Crippen molar-refractivity contribution in [3.63, 3.8) is 0 Å². The normalized spacial score (nSPS) is 18.3. The van der Waals surface area contributed by atoms with Crippen LogP contribution in [-0.4, -0.2) is 37.4 Å². The lowest BCUT2D eigenvalue weighted by Gasteiger charge is -2.25. The van der Waals surface area contributed by atoms with Crippen molar-refractivity contribution in [1.29, 1.82) is 0 Å². The first-order valence-corrected chi connectivity index (χ1v) is 5.65. The fourth-order valence-corrected chi connectivity index (χ4v) is 1.80. The zero-order valence-corrected chi connectivity index (χ0v) is 9.37. The minimum Gasteiger partial charge on any atom is -0.396 e. The molecule has 0 aromatic heterocycles. The molecule has 0 radical (unpaired) electrons. The van der Waals surface area contributed by atoms with E-state index in [9.17, 15) is 4.79 Å². The highest BCUT2D eigenvalue weighted by Crippen LogP contribution is 2.29. The Kier molecular flexibility index (Phi) is 5.65. The number of ether oxygens (including phenoxy) is 1. The molecule has 0 heterocycles. The molecule has 0 bridgehead atoms. The van der Waals surface area contributed by atoms with Crippen LogP contribution in [0.5, 0.6) is 0 Å². The van der Waals surface area contributed by atoms with Gasteiger partial charge in [0.25, 0.3) is 0 Å². The average molecular weight is 215 g/mol. The molecular weight excluding hydrogens is 194 g/mol. The maximum Gasteiger partial charge on any atom is 0.220 e. The van der Waals surface area contributed by atoms with Crippen LogP contribution in [0.4, 0.5) is 0 Å². The smallest absolute Gasteiger partial charge is 0.220 e. The lowest BCUT2D eigenvalue weighted by Crippen LogP contribution is -2.39. The number of methoxy groups -OCH3 is 1. The van der Waals surface area contributed by atoms with E-state index in [4.69, 9.17) is 9.84 Å². The van der Waals surface area contributed by atoms with Gasteiger partial charge < -0.3 is 15.2 Å².